The molecule has 3 rings (SSSR count). The van der Waals surface area contributed by atoms with Gasteiger partial charge in [-0.05, 0) is 43.4 Å². The molecule has 0 saturated heterocycles. The fraction of sp³-hybridized carbons (Fsp3) is 0.500. The molecule has 1 fully saturated rings. The van der Waals surface area contributed by atoms with Crippen molar-refractivity contribution in [2.75, 3.05) is 0 Å². The lowest BCUT2D eigenvalue weighted by atomic mass is 9.91. The molecule has 0 unspecified atom stereocenters. The van der Waals surface area contributed by atoms with E-state index < -0.39 is 0 Å². The first kappa shape index (κ1) is 14.2. The van der Waals surface area contributed by atoms with Crippen LogP contribution < -0.4 is 5.56 Å². The topological polar surface area (TPSA) is 42.2 Å². The number of rotatable bonds is 2. The predicted octanol–water partition coefficient (Wildman–Crippen LogP) is 4.16. The summed E-state index contributed by atoms with van der Waals surface area (Å²) < 4.78 is 1.71. The van der Waals surface area contributed by atoms with Gasteiger partial charge in [-0.3, -0.25) is 4.79 Å². The third-order valence-corrected chi connectivity index (χ3v) is 4.76. The SMILES string of the molecule is CCn1c(=O)cc(O)c2cc(C3CCCCCC3)ccc21. The average molecular weight is 285 g/mol. The second-order valence-electron chi connectivity index (χ2n) is 6.08. The van der Waals surface area contributed by atoms with Gasteiger partial charge >= 0.3 is 0 Å². The van der Waals surface area contributed by atoms with Gasteiger partial charge in [0, 0.05) is 18.0 Å². The summed E-state index contributed by atoms with van der Waals surface area (Å²) in [5.74, 6) is 0.702. The van der Waals surface area contributed by atoms with Gasteiger partial charge in [0.15, 0.2) is 0 Å². The standard InChI is InChI=1S/C18H23NO2/c1-2-19-16-10-9-14(13-7-5-3-4-6-8-13)11-15(16)17(20)12-18(19)21/h9-13,20H,2-8H2,1H3. The number of hydrogen-bond donors (Lipinski definition) is 1. The molecule has 112 valence electrons. The van der Waals surface area contributed by atoms with Crippen molar-refractivity contribution in [3.63, 3.8) is 0 Å². The van der Waals surface area contributed by atoms with Crippen LogP contribution in [0.3, 0.4) is 0 Å². The highest BCUT2D eigenvalue weighted by Crippen LogP contribution is 2.34. The number of aromatic hydroxyl groups is 1. The molecule has 1 saturated carbocycles. The number of benzene rings is 1. The van der Waals surface area contributed by atoms with Gasteiger partial charge in [-0.1, -0.05) is 31.7 Å². The molecule has 1 aliphatic rings. The molecule has 3 heteroatoms. The summed E-state index contributed by atoms with van der Waals surface area (Å²) in [4.78, 5) is 11.9. The summed E-state index contributed by atoms with van der Waals surface area (Å²) in [5.41, 5.74) is 2.01. The van der Waals surface area contributed by atoms with E-state index in [0.29, 0.717) is 12.5 Å². The van der Waals surface area contributed by atoms with Gasteiger partial charge in [-0.2, -0.15) is 0 Å². The predicted molar refractivity (Wildman–Crippen MR) is 86.0 cm³/mol. The molecule has 3 nitrogen and oxygen atoms in total. The third kappa shape index (κ3) is 2.69. The molecule has 2 aromatic rings. The van der Waals surface area contributed by atoms with E-state index in [9.17, 15) is 9.90 Å². The van der Waals surface area contributed by atoms with Crippen molar-refractivity contribution < 1.29 is 5.11 Å². The molecule has 1 aliphatic carbocycles. The lowest BCUT2D eigenvalue weighted by Gasteiger charge is -2.16. The minimum Gasteiger partial charge on any atom is -0.507 e. The van der Waals surface area contributed by atoms with Crippen molar-refractivity contribution in [2.45, 2.75) is 57.9 Å². The van der Waals surface area contributed by atoms with E-state index in [4.69, 9.17) is 0 Å². The molecule has 0 radical (unpaired) electrons. The second kappa shape index (κ2) is 5.92. The quantitative estimate of drug-likeness (QED) is 0.842. The van der Waals surface area contributed by atoms with Crippen LogP contribution in [0, 0.1) is 0 Å². The van der Waals surface area contributed by atoms with Crippen LogP contribution in [0.2, 0.25) is 0 Å². The zero-order valence-electron chi connectivity index (χ0n) is 12.6. The van der Waals surface area contributed by atoms with Crippen molar-refractivity contribution in [2.24, 2.45) is 0 Å². The first-order valence-electron chi connectivity index (χ1n) is 8.07. The highest BCUT2D eigenvalue weighted by Gasteiger charge is 2.16. The van der Waals surface area contributed by atoms with E-state index in [1.54, 1.807) is 4.57 Å². The first-order valence-corrected chi connectivity index (χ1v) is 8.07. The minimum atomic E-state index is -0.135. The Hall–Kier alpha value is -1.77. The highest BCUT2D eigenvalue weighted by atomic mass is 16.3. The van der Waals surface area contributed by atoms with Crippen molar-refractivity contribution in [1.29, 1.82) is 0 Å². The molecule has 1 aromatic heterocycles. The maximum Gasteiger partial charge on any atom is 0.254 e. The Morgan fingerprint density at radius 3 is 2.52 bits per heavy atom. The summed E-state index contributed by atoms with van der Waals surface area (Å²) in [7, 11) is 0. The number of pyridine rings is 1. The van der Waals surface area contributed by atoms with Gasteiger partial charge in [0.1, 0.15) is 5.75 Å². The van der Waals surface area contributed by atoms with E-state index in [1.807, 2.05) is 13.0 Å². The Bertz CT molecular complexity index is 694. The van der Waals surface area contributed by atoms with Crippen LogP contribution in [0.25, 0.3) is 10.9 Å². The van der Waals surface area contributed by atoms with Crippen molar-refractivity contribution in [3.05, 3.63) is 40.2 Å². The van der Waals surface area contributed by atoms with Gasteiger partial charge in [-0.15, -0.1) is 0 Å². The number of aromatic nitrogens is 1. The lowest BCUT2D eigenvalue weighted by molar-refractivity contribution is 0.478. The van der Waals surface area contributed by atoms with E-state index in [2.05, 4.69) is 12.1 Å². The molecule has 0 aliphatic heterocycles. The van der Waals surface area contributed by atoms with Crippen LogP contribution in [0.1, 0.15) is 56.9 Å². The number of aryl methyl sites for hydroxylation is 1. The van der Waals surface area contributed by atoms with E-state index in [1.165, 1.54) is 50.2 Å². The molecule has 21 heavy (non-hydrogen) atoms. The maximum atomic E-state index is 11.9. The first-order chi connectivity index (χ1) is 10.2. The summed E-state index contributed by atoms with van der Waals surface area (Å²) in [6.45, 7) is 2.58. The van der Waals surface area contributed by atoms with Crippen molar-refractivity contribution in [1.82, 2.24) is 4.57 Å². The van der Waals surface area contributed by atoms with Gasteiger partial charge in [0.25, 0.3) is 5.56 Å². The molecule has 1 aromatic carbocycles. The summed E-state index contributed by atoms with van der Waals surface area (Å²) in [5, 5.41) is 10.9. The zero-order valence-corrected chi connectivity index (χ0v) is 12.6. The van der Waals surface area contributed by atoms with Gasteiger partial charge in [0.05, 0.1) is 5.52 Å². The fourth-order valence-corrected chi connectivity index (χ4v) is 3.58. The van der Waals surface area contributed by atoms with Crippen molar-refractivity contribution >= 4 is 10.9 Å². The smallest absolute Gasteiger partial charge is 0.254 e. The Morgan fingerprint density at radius 1 is 1.14 bits per heavy atom. The van der Waals surface area contributed by atoms with Crippen LogP contribution in [-0.4, -0.2) is 9.67 Å². The summed E-state index contributed by atoms with van der Waals surface area (Å²) >= 11 is 0. The Balaban J connectivity index is 2.09. The van der Waals surface area contributed by atoms with E-state index >= 15 is 0 Å². The maximum absolute atomic E-state index is 11.9. The Labute approximate surface area is 125 Å². The average Bonchev–Trinajstić information content (AvgIpc) is 2.76. The molecular weight excluding hydrogens is 262 g/mol. The normalized spacial score (nSPS) is 17.0. The molecule has 0 bridgehead atoms. The molecule has 1 heterocycles. The molecular formula is C18H23NO2. The van der Waals surface area contributed by atoms with E-state index in [0.717, 1.165) is 10.9 Å². The molecule has 1 N–H and O–H groups in total. The van der Waals surface area contributed by atoms with Crippen LogP contribution in [-0.2, 0) is 6.54 Å². The monoisotopic (exact) mass is 285 g/mol. The van der Waals surface area contributed by atoms with E-state index in [-0.39, 0.29) is 11.3 Å². The lowest BCUT2D eigenvalue weighted by Crippen LogP contribution is -2.18. The van der Waals surface area contributed by atoms with Crippen LogP contribution in [0.15, 0.2) is 29.1 Å². The molecule has 0 amide bonds. The third-order valence-electron chi connectivity index (χ3n) is 4.76. The van der Waals surface area contributed by atoms with Gasteiger partial charge in [0.2, 0.25) is 0 Å². The summed E-state index contributed by atoms with van der Waals surface area (Å²) in [6.07, 6.45) is 7.74. The highest BCUT2D eigenvalue weighted by molar-refractivity contribution is 5.85. The zero-order chi connectivity index (χ0) is 14.8. The Kier molecular flexibility index (Phi) is 4.00. The minimum absolute atomic E-state index is 0.107. The fourth-order valence-electron chi connectivity index (χ4n) is 3.58. The Morgan fingerprint density at radius 2 is 1.86 bits per heavy atom. The second-order valence-corrected chi connectivity index (χ2v) is 6.08. The number of nitrogens with zero attached hydrogens (tertiary/aromatic N) is 1. The molecule has 0 spiro atoms. The van der Waals surface area contributed by atoms with Gasteiger partial charge < -0.3 is 9.67 Å². The summed E-state index contributed by atoms with van der Waals surface area (Å²) in [6, 6.07) is 7.57. The van der Waals surface area contributed by atoms with Crippen LogP contribution in [0.5, 0.6) is 5.75 Å². The largest absolute Gasteiger partial charge is 0.507 e. The van der Waals surface area contributed by atoms with Crippen LogP contribution >= 0.6 is 0 Å². The van der Waals surface area contributed by atoms with Gasteiger partial charge in [-0.25, -0.2) is 0 Å². The number of fused-ring (bicyclic) bond motifs is 1. The molecule has 0 atom stereocenters. The van der Waals surface area contributed by atoms with Crippen LogP contribution in [0.4, 0.5) is 0 Å². The van der Waals surface area contributed by atoms with Crippen molar-refractivity contribution in [3.8, 4) is 5.75 Å². The number of hydrogen-bond acceptors (Lipinski definition) is 2.